The summed E-state index contributed by atoms with van der Waals surface area (Å²) in [5, 5.41) is 2.40. The Balaban J connectivity index is 2.05. The molecule has 82 valence electrons. The highest BCUT2D eigenvalue weighted by Crippen LogP contribution is 2.29. The molecule has 1 unspecified atom stereocenters. The molecule has 1 N–H and O–H groups in total. The Hall–Kier alpha value is -1.07. The predicted octanol–water partition coefficient (Wildman–Crippen LogP) is 2.24. The molecule has 5 heteroatoms. The average molecular weight is 217 g/mol. The summed E-state index contributed by atoms with van der Waals surface area (Å²) in [6.07, 6.45) is -6.19. The molecular formula is C10H10F3NO. The molecule has 0 aliphatic carbocycles. The highest BCUT2D eigenvalue weighted by atomic mass is 19.4. The zero-order chi connectivity index (χ0) is 10.9. The van der Waals surface area contributed by atoms with E-state index in [4.69, 9.17) is 0 Å². The fraction of sp³-hybridized carbons (Fsp3) is 0.400. The number of alkyl halides is 3. The van der Waals surface area contributed by atoms with Gasteiger partial charge in [0.25, 0.3) is 0 Å². The van der Waals surface area contributed by atoms with Gasteiger partial charge in [0.2, 0.25) is 6.23 Å². The molecule has 1 aromatic carbocycles. The normalized spacial score (nSPS) is 26.9. The molecule has 0 saturated carbocycles. The summed E-state index contributed by atoms with van der Waals surface area (Å²) in [5.74, 6) is 0. The fourth-order valence-electron chi connectivity index (χ4n) is 1.54. The summed E-state index contributed by atoms with van der Waals surface area (Å²) in [4.78, 5) is 0. The topological polar surface area (TPSA) is 21.3 Å². The van der Waals surface area contributed by atoms with Crippen molar-refractivity contribution < 1.29 is 17.9 Å². The zero-order valence-corrected chi connectivity index (χ0v) is 7.79. The van der Waals surface area contributed by atoms with Crippen LogP contribution in [0.15, 0.2) is 30.3 Å². The van der Waals surface area contributed by atoms with Crippen molar-refractivity contribution in [1.82, 2.24) is 5.32 Å². The molecule has 0 aromatic heterocycles. The minimum Gasteiger partial charge on any atom is -0.352 e. The Labute approximate surface area is 85.0 Å². The Morgan fingerprint density at radius 2 is 1.87 bits per heavy atom. The third-order valence-electron chi connectivity index (χ3n) is 2.28. The van der Waals surface area contributed by atoms with E-state index in [1.165, 1.54) is 0 Å². The van der Waals surface area contributed by atoms with E-state index in [0.29, 0.717) is 0 Å². The summed E-state index contributed by atoms with van der Waals surface area (Å²) >= 11 is 0. The van der Waals surface area contributed by atoms with Gasteiger partial charge in [-0.3, -0.25) is 5.32 Å². The lowest BCUT2D eigenvalue weighted by Gasteiger charge is -2.15. The van der Waals surface area contributed by atoms with Gasteiger partial charge in [0.1, 0.15) is 0 Å². The van der Waals surface area contributed by atoms with Gasteiger partial charge in [0.05, 0.1) is 12.6 Å². The summed E-state index contributed by atoms with van der Waals surface area (Å²) < 4.78 is 41.4. The summed E-state index contributed by atoms with van der Waals surface area (Å²) in [7, 11) is 0. The van der Waals surface area contributed by atoms with E-state index < -0.39 is 12.4 Å². The van der Waals surface area contributed by atoms with E-state index in [2.05, 4.69) is 10.1 Å². The van der Waals surface area contributed by atoms with Crippen LogP contribution in [0, 0.1) is 0 Å². The van der Waals surface area contributed by atoms with Crippen molar-refractivity contribution in [1.29, 1.82) is 0 Å². The maximum absolute atomic E-state index is 12.3. The maximum atomic E-state index is 12.3. The van der Waals surface area contributed by atoms with Gasteiger partial charge in [0.15, 0.2) is 0 Å². The summed E-state index contributed by atoms with van der Waals surface area (Å²) in [6.45, 7) is 0.0498. The molecule has 2 nitrogen and oxygen atoms in total. The van der Waals surface area contributed by atoms with Crippen molar-refractivity contribution in [3.63, 3.8) is 0 Å². The second kappa shape index (κ2) is 3.83. The molecule has 0 spiro atoms. The van der Waals surface area contributed by atoms with E-state index in [0.717, 1.165) is 5.56 Å². The average Bonchev–Trinajstić information content (AvgIpc) is 2.67. The largest absolute Gasteiger partial charge is 0.428 e. The van der Waals surface area contributed by atoms with Crippen molar-refractivity contribution in [2.75, 3.05) is 6.61 Å². The molecule has 1 heterocycles. The van der Waals surface area contributed by atoms with Gasteiger partial charge in [-0.2, -0.15) is 13.2 Å². The molecule has 1 aliphatic rings. The van der Waals surface area contributed by atoms with Crippen molar-refractivity contribution in [3.05, 3.63) is 35.9 Å². The molecule has 0 radical (unpaired) electrons. The third-order valence-corrected chi connectivity index (χ3v) is 2.28. The van der Waals surface area contributed by atoms with Crippen LogP contribution in [0.1, 0.15) is 11.6 Å². The van der Waals surface area contributed by atoms with Crippen LogP contribution in [-0.4, -0.2) is 19.0 Å². The first-order valence-corrected chi connectivity index (χ1v) is 4.56. The van der Waals surface area contributed by atoms with Crippen LogP contribution in [0.4, 0.5) is 13.2 Å². The van der Waals surface area contributed by atoms with Crippen LogP contribution < -0.4 is 5.32 Å². The Bertz CT molecular complexity index is 325. The Kier molecular flexibility index (Phi) is 2.67. The van der Waals surface area contributed by atoms with Gasteiger partial charge in [-0.05, 0) is 5.56 Å². The van der Waals surface area contributed by atoms with Gasteiger partial charge in [0, 0.05) is 0 Å². The maximum Gasteiger partial charge on any atom is 0.428 e. The molecule has 2 atom stereocenters. The van der Waals surface area contributed by atoms with Gasteiger partial charge >= 0.3 is 6.18 Å². The van der Waals surface area contributed by atoms with Gasteiger partial charge in [-0.15, -0.1) is 0 Å². The first-order chi connectivity index (χ1) is 7.07. The van der Waals surface area contributed by atoms with Crippen molar-refractivity contribution in [3.8, 4) is 0 Å². The molecular weight excluding hydrogens is 207 g/mol. The first-order valence-electron chi connectivity index (χ1n) is 4.56. The monoisotopic (exact) mass is 217 g/mol. The van der Waals surface area contributed by atoms with Crippen LogP contribution >= 0.6 is 0 Å². The molecule has 1 aliphatic heterocycles. The van der Waals surface area contributed by atoms with E-state index >= 15 is 0 Å². The Morgan fingerprint density at radius 3 is 2.40 bits per heavy atom. The van der Waals surface area contributed by atoms with Crippen molar-refractivity contribution in [2.24, 2.45) is 0 Å². The second-order valence-electron chi connectivity index (χ2n) is 3.38. The van der Waals surface area contributed by atoms with Crippen LogP contribution in [0.2, 0.25) is 0 Å². The number of hydrogen-bond acceptors (Lipinski definition) is 2. The lowest BCUT2D eigenvalue weighted by Crippen LogP contribution is -2.39. The van der Waals surface area contributed by atoms with E-state index in [9.17, 15) is 13.2 Å². The third kappa shape index (κ3) is 2.30. The summed E-state index contributed by atoms with van der Waals surface area (Å²) in [5.41, 5.74) is 0.809. The molecule has 2 rings (SSSR count). The number of halogens is 3. The molecule has 0 amide bonds. The van der Waals surface area contributed by atoms with Crippen LogP contribution in [0.3, 0.4) is 0 Å². The predicted molar refractivity (Wildman–Crippen MR) is 48.1 cm³/mol. The number of benzene rings is 1. The second-order valence-corrected chi connectivity index (χ2v) is 3.38. The smallest absolute Gasteiger partial charge is 0.352 e. The molecule has 15 heavy (non-hydrogen) atoms. The van der Waals surface area contributed by atoms with E-state index in [1.54, 1.807) is 24.3 Å². The number of ether oxygens (including phenoxy) is 1. The highest BCUT2D eigenvalue weighted by Gasteiger charge is 2.45. The minimum atomic E-state index is -4.34. The zero-order valence-electron chi connectivity index (χ0n) is 7.79. The first kappa shape index (κ1) is 10.4. The van der Waals surface area contributed by atoms with Crippen molar-refractivity contribution >= 4 is 0 Å². The molecule has 1 aromatic rings. The van der Waals surface area contributed by atoms with E-state index in [1.807, 2.05) is 6.07 Å². The standard InChI is InChI=1S/C10H10F3NO/c11-10(12,13)9-14-8(6-15-9)7-4-2-1-3-5-7/h1-5,8-9,14H,6H2/t8-,9?/m0/s1. The van der Waals surface area contributed by atoms with Crippen LogP contribution in [0.25, 0.3) is 0 Å². The van der Waals surface area contributed by atoms with Gasteiger partial charge in [-0.1, -0.05) is 30.3 Å². The quantitative estimate of drug-likeness (QED) is 0.778. The van der Waals surface area contributed by atoms with Crippen LogP contribution in [-0.2, 0) is 4.74 Å². The SMILES string of the molecule is FC(F)(F)C1N[C@H](c2ccccc2)CO1. The minimum absolute atomic E-state index is 0.0498. The Morgan fingerprint density at radius 1 is 1.20 bits per heavy atom. The molecule has 1 fully saturated rings. The lowest BCUT2D eigenvalue weighted by molar-refractivity contribution is -0.212. The van der Waals surface area contributed by atoms with Crippen LogP contribution in [0.5, 0.6) is 0 Å². The van der Waals surface area contributed by atoms with Gasteiger partial charge < -0.3 is 4.74 Å². The number of nitrogens with one attached hydrogen (secondary N) is 1. The van der Waals surface area contributed by atoms with E-state index in [-0.39, 0.29) is 12.6 Å². The number of hydrogen-bond donors (Lipinski definition) is 1. The van der Waals surface area contributed by atoms with Crippen molar-refractivity contribution in [2.45, 2.75) is 18.4 Å². The molecule has 0 bridgehead atoms. The highest BCUT2D eigenvalue weighted by molar-refractivity contribution is 5.19. The van der Waals surface area contributed by atoms with Gasteiger partial charge in [-0.25, -0.2) is 0 Å². The number of rotatable bonds is 1. The lowest BCUT2D eigenvalue weighted by atomic mass is 10.1. The summed E-state index contributed by atoms with van der Waals surface area (Å²) in [6, 6.07) is 8.58. The fourth-order valence-corrected chi connectivity index (χ4v) is 1.54. The molecule has 1 saturated heterocycles.